The third-order valence-corrected chi connectivity index (χ3v) is 4.35. The van der Waals surface area contributed by atoms with Gasteiger partial charge in [0, 0.05) is 12.7 Å². The minimum absolute atomic E-state index is 0.314. The molecule has 1 aromatic carbocycles. The molecule has 0 amide bonds. The minimum atomic E-state index is -4.47. The number of halogens is 5. The van der Waals surface area contributed by atoms with Gasteiger partial charge in [-0.3, -0.25) is 4.68 Å². The molecule has 0 unspecified atom stereocenters. The molecule has 0 saturated heterocycles. The second-order valence-corrected chi connectivity index (χ2v) is 5.72. The van der Waals surface area contributed by atoms with E-state index in [1.54, 1.807) is 11.7 Å². The van der Waals surface area contributed by atoms with Gasteiger partial charge in [-0.25, -0.2) is 0 Å². The van der Waals surface area contributed by atoms with Gasteiger partial charge in [0.15, 0.2) is 0 Å². The summed E-state index contributed by atoms with van der Waals surface area (Å²) in [5, 5.41) is 6.85. The second-order valence-electron chi connectivity index (χ2n) is 4.52. The summed E-state index contributed by atoms with van der Waals surface area (Å²) >= 11 is 8.99. The number of aromatic nitrogens is 2. The zero-order valence-electron chi connectivity index (χ0n) is 11.2. The highest BCUT2D eigenvalue weighted by molar-refractivity contribution is 9.10. The fourth-order valence-corrected chi connectivity index (χ4v) is 2.61. The molecule has 0 spiro atoms. The van der Waals surface area contributed by atoms with Crippen molar-refractivity contribution >= 4 is 33.2 Å². The summed E-state index contributed by atoms with van der Waals surface area (Å²) in [6.07, 6.45) is -4.47. The van der Waals surface area contributed by atoms with E-state index < -0.39 is 11.7 Å². The summed E-state index contributed by atoms with van der Waals surface area (Å²) in [5.74, 6) is 0. The molecule has 21 heavy (non-hydrogen) atoms. The molecule has 8 heteroatoms. The Bertz CT molecular complexity index is 667. The Morgan fingerprint density at radius 1 is 1.38 bits per heavy atom. The van der Waals surface area contributed by atoms with Crippen LogP contribution in [0.3, 0.4) is 0 Å². The highest BCUT2D eigenvalue weighted by Crippen LogP contribution is 2.36. The van der Waals surface area contributed by atoms with Crippen molar-refractivity contribution in [3.05, 3.63) is 44.6 Å². The van der Waals surface area contributed by atoms with Crippen LogP contribution in [0, 0.1) is 6.92 Å². The predicted octanol–water partition coefficient (Wildman–Crippen LogP) is 4.78. The van der Waals surface area contributed by atoms with E-state index in [4.69, 9.17) is 11.6 Å². The Kier molecular flexibility index (Phi) is 4.53. The van der Waals surface area contributed by atoms with E-state index in [0.717, 1.165) is 21.9 Å². The van der Waals surface area contributed by atoms with Crippen LogP contribution < -0.4 is 5.32 Å². The quantitative estimate of drug-likeness (QED) is 0.828. The van der Waals surface area contributed by atoms with Crippen molar-refractivity contribution in [2.75, 3.05) is 5.32 Å². The van der Waals surface area contributed by atoms with Crippen molar-refractivity contribution in [2.24, 2.45) is 7.05 Å². The molecular formula is C13H12BrClF3N3. The van der Waals surface area contributed by atoms with Gasteiger partial charge in [-0.05, 0) is 41.1 Å². The van der Waals surface area contributed by atoms with Gasteiger partial charge >= 0.3 is 6.18 Å². The van der Waals surface area contributed by atoms with Crippen LogP contribution in [0.2, 0.25) is 5.02 Å². The smallest absolute Gasteiger partial charge is 0.379 e. The first-order chi connectivity index (χ1) is 9.70. The lowest BCUT2D eigenvalue weighted by Crippen LogP contribution is -2.09. The Balaban J connectivity index is 2.21. The van der Waals surface area contributed by atoms with Gasteiger partial charge in [-0.15, -0.1) is 0 Å². The fourth-order valence-electron chi connectivity index (χ4n) is 1.91. The van der Waals surface area contributed by atoms with Crippen LogP contribution in [0.5, 0.6) is 0 Å². The Morgan fingerprint density at radius 2 is 2.05 bits per heavy atom. The second kappa shape index (κ2) is 5.88. The van der Waals surface area contributed by atoms with Crippen LogP contribution in [0.25, 0.3) is 0 Å². The molecule has 0 aliphatic carbocycles. The monoisotopic (exact) mass is 381 g/mol. The van der Waals surface area contributed by atoms with E-state index in [0.29, 0.717) is 12.2 Å². The number of nitrogens with zero attached hydrogens (tertiary/aromatic N) is 2. The van der Waals surface area contributed by atoms with Crippen molar-refractivity contribution in [3.63, 3.8) is 0 Å². The first-order valence-electron chi connectivity index (χ1n) is 5.98. The molecule has 0 fully saturated rings. The zero-order chi connectivity index (χ0) is 15.8. The van der Waals surface area contributed by atoms with E-state index >= 15 is 0 Å². The highest BCUT2D eigenvalue weighted by atomic mass is 79.9. The average Bonchev–Trinajstić information content (AvgIpc) is 2.61. The average molecular weight is 383 g/mol. The summed E-state index contributed by atoms with van der Waals surface area (Å²) in [7, 11) is 1.78. The highest BCUT2D eigenvalue weighted by Gasteiger charge is 2.33. The normalized spacial score (nSPS) is 11.8. The van der Waals surface area contributed by atoms with Crippen LogP contribution in [0.15, 0.2) is 22.7 Å². The van der Waals surface area contributed by atoms with E-state index in [1.807, 2.05) is 6.92 Å². The van der Waals surface area contributed by atoms with Gasteiger partial charge in [-0.2, -0.15) is 18.3 Å². The van der Waals surface area contributed by atoms with Crippen LogP contribution in [-0.4, -0.2) is 9.78 Å². The summed E-state index contributed by atoms with van der Waals surface area (Å²) in [5.41, 5.74) is 1.16. The number of hydrogen-bond acceptors (Lipinski definition) is 2. The van der Waals surface area contributed by atoms with Gasteiger partial charge in [0.1, 0.15) is 0 Å². The topological polar surface area (TPSA) is 29.9 Å². The Hall–Kier alpha value is -1.21. The van der Waals surface area contributed by atoms with Crippen molar-refractivity contribution < 1.29 is 13.2 Å². The third-order valence-electron chi connectivity index (χ3n) is 2.99. The lowest BCUT2D eigenvalue weighted by Gasteiger charge is -2.12. The van der Waals surface area contributed by atoms with Gasteiger partial charge in [-0.1, -0.05) is 11.6 Å². The maximum atomic E-state index is 12.8. The molecule has 114 valence electrons. The number of nitrogens with one attached hydrogen (secondary N) is 1. The molecule has 0 radical (unpaired) electrons. The van der Waals surface area contributed by atoms with E-state index in [9.17, 15) is 13.2 Å². The lowest BCUT2D eigenvalue weighted by molar-refractivity contribution is -0.137. The molecule has 1 N–H and O–H groups in total. The summed E-state index contributed by atoms with van der Waals surface area (Å²) in [6, 6.07) is 3.74. The maximum absolute atomic E-state index is 12.8. The summed E-state index contributed by atoms with van der Waals surface area (Å²) < 4.78 is 40.9. The number of aryl methyl sites for hydroxylation is 2. The largest absolute Gasteiger partial charge is 0.417 e. The molecule has 0 atom stereocenters. The molecule has 1 aromatic heterocycles. The van der Waals surface area contributed by atoms with Crippen LogP contribution >= 0.6 is 27.5 Å². The maximum Gasteiger partial charge on any atom is 0.417 e. The van der Waals surface area contributed by atoms with Gasteiger partial charge in [0.2, 0.25) is 0 Å². The van der Waals surface area contributed by atoms with E-state index in [2.05, 4.69) is 26.3 Å². The molecular weight excluding hydrogens is 371 g/mol. The van der Waals surface area contributed by atoms with Crippen LogP contribution in [0.4, 0.5) is 18.9 Å². The van der Waals surface area contributed by atoms with Gasteiger partial charge in [0.05, 0.1) is 33.0 Å². The van der Waals surface area contributed by atoms with Crippen molar-refractivity contribution in [3.8, 4) is 0 Å². The summed E-state index contributed by atoms with van der Waals surface area (Å²) in [4.78, 5) is 0. The predicted molar refractivity (Wildman–Crippen MR) is 79.4 cm³/mol. The van der Waals surface area contributed by atoms with Crippen molar-refractivity contribution in [1.29, 1.82) is 0 Å². The molecule has 0 aliphatic rings. The minimum Gasteiger partial charge on any atom is -0.379 e. The van der Waals surface area contributed by atoms with Gasteiger partial charge < -0.3 is 5.32 Å². The number of anilines is 1. The molecule has 2 rings (SSSR count). The molecule has 3 nitrogen and oxygen atoms in total. The van der Waals surface area contributed by atoms with E-state index in [1.165, 1.54) is 12.1 Å². The number of benzene rings is 1. The van der Waals surface area contributed by atoms with Crippen molar-refractivity contribution in [1.82, 2.24) is 9.78 Å². The first-order valence-corrected chi connectivity index (χ1v) is 7.16. The molecule has 0 bridgehead atoms. The van der Waals surface area contributed by atoms with Crippen LogP contribution in [0.1, 0.15) is 17.0 Å². The summed E-state index contributed by atoms with van der Waals surface area (Å²) in [6.45, 7) is 2.19. The van der Waals surface area contributed by atoms with Gasteiger partial charge in [0.25, 0.3) is 0 Å². The molecule has 2 aromatic rings. The SMILES string of the molecule is Cc1nn(C)c(CNc2ccc(Cl)c(C(F)(F)F)c2)c1Br. The van der Waals surface area contributed by atoms with E-state index in [-0.39, 0.29) is 5.02 Å². The lowest BCUT2D eigenvalue weighted by atomic mass is 10.2. The Morgan fingerprint density at radius 3 is 2.57 bits per heavy atom. The fraction of sp³-hybridized carbons (Fsp3) is 0.308. The molecule has 1 heterocycles. The zero-order valence-corrected chi connectivity index (χ0v) is 13.6. The first kappa shape index (κ1) is 16.2. The number of alkyl halides is 3. The molecule has 0 aliphatic heterocycles. The standard InChI is InChI=1S/C13H12BrClF3N3/c1-7-12(14)11(21(2)20-7)6-19-8-3-4-10(15)9(5-8)13(16,17)18/h3-5,19H,6H2,1-2H3. The molecule has 0 saturated carbocycles. The van der Waals surface area contributed by atoms with Crippen molar-refractivity contribution in [2.45, 2.75) is 19.6 Å². The van der Waals surface area contributed by atoms with Crippen LogP contribution in [-0.2, 0) is 19.8 Å². The third kappa shape index (κ3) is 3.52. The Labute approximate surface area is 133 Å². The number of rotatable bonds is 3. The number of hydrogen-bond donors (Lipinski definition) is 1.